The Balaban J connectivity index is 0.000000613. The average molecular weight is 1080 g/mol. The van der Waals surface area contributed by atoms with Gasteiger partial charge in [-0.25, -0.2) is 9.97 Å². The number of ether oxygens (including phenoxy) is 2. The molecule has 0 radical (unpaired) electrons. The number of aliphatic hydroxyl groups is 1. The molecule has 0 bridgehead atoms. The standard InChI is InChI=1S/C23H24Cl2N2O3S.C22H20Cl2N2O3S.CH4.CH3.BrH.Mg/c1-3-30-20(29)11-12-27(14-16-7-5-4-6-8-16)23-26-21(22(31-23)15(2)28)17-9-10-18(24)19(25)13-17;1-2-29-20(28)10-11-26(13-15-6-4-3-5-7-15)22-25-21(19(14-27)30-22)16-8-9-17(23)18(24)12-16;;;;/h4-10,13,15,28H,3,11-12,14H2,1-2H3;3-9,12,14H,2,10-11,13H2,1H3;1H4;1H3;1H;/q;;;-1;;+2/p-1. The van der Waals surface area contributed by atoms with Gasteiger partial charge in [0.05, 0.1) is 73.4 Å². The summed E-state index contributed by atoms with van der Waals surface area (Å²) in [6.45, 7) is 7.95. The molecule has 10 nitrogen and oxygen atoms in total. The van der Waals surface area contributed by atoms with Gasteiger partial charge in [0.25, 0.3) is 0 Å². The number of carbonyl (C=O) groups excluding carboxylic acids is 3. The molecule has 1 atom stereocenters. The molecule has 0 saturated heterocycles. The fourth-order valence-corrected chi connectivity index (χ4v) is 8.56. The molecule has 0 saturated carbocycles. The SMILES string of the molecule is C.CCOC(=O)CCN(Cc1ccccc1)c1nc(-c2ccc(Cl)c(Cl)c2)c(C(C)O)s1.CCOC(=O)CCN(Cc1ccccc1)c1nc(-c2ccc(Cl)c(Cl)c2)c(C=O)s1.[Br-].[CH3-].[Mg+2]. The minimum Gasteiger partial charge on any atom is -1.00 e. The van der Waals surface area contributed by atoms with Crippen LogP contribution in [0.3, 0.4) is 0 Å². The summed E-state index contributed by atoms with van der Waals surface area (Å²) < 4.78 is 10.1. The summed E-state index contributed by atoms with van der Waals surface area (Å²) in [6, 6.07) is 30.3. The number of hydrogen-bond donors (Lipinski definition) is 1. The maximum Gasteiger partial charge on any atom is 2.00 e. The molecule has 0 aliphatic carbocycles. The second kappa shape index (κ2) is 30.2. The Morgan fingerprint density at radius 3 is 1.51 bits per heavy atom. The zero-order chi connectivity index (χ0) is 43.9. The third kappa shape index (κ3) is 17.7. The van der Waals surface area contributed by atoms with Crippen molar-refractivity contribution in [3.8, 4) is 22.5 Å². The van der Waals surface area contributed by atoms with Crippen molar-refractivity contribution in [2.75, 3.05) is 36.1 Å². The number of halogens is 5. The Kier molecular flexibility index (Phi) is 27.7. The number of hydrogen-bond acceptors (Lipinski definition) is 12. The van der Waals surface area contributed by atoms with E-state index in [0.717, 1.165) is 27.9 Å². The molecule has 0 aliphatic heterocycles. The molecule has 6 rings (SSSR count). The number of aldehydes is 1. The maximum absolute atomic E-state index is 12.0. The first kappa shape index (κ1) is 59.7. The van der Waals surface area contributed by atoms with E-state index in [4.69, 9.17) is 65.8 Å². The largest absolute Gasteiger partial charge is 2.00 e. The number of aliphatic hydroxyl groups excluding tert-OH is 1. The molecule has 0 aliphatic rings. The molecular formula is C47H51BrCl4MgN4O6S2. The second-order valence-electron chi connectivity index (χ2n) is 13.4. The summed E-state index contributed by atoms with van der Waals surface area (Å²) in [5.41, 5.74) is 4.84. The summed E-state index contributed by atoms with van der Waals surface area (Å²) in [5.74, 6) is -0.523. The van der Waals surface area contributed by atoms with Crippen molar-refractivity contribution < 1.29 is 45.9 Å². The van der Waals surface area contributed by atoms with Gasteiger partial charge in [-0.3, -0.25) is 14.4 Å². The van der Waals surface area contributed by atoms with Gasteiger partial charge in [-0.15, -0.1) is 0 Å². The van der Waals surface area contributed by atoms with Crippen molar-refractivity contribution in [3.05, 3.63) is 145 Å². The predicted octanol–water partition coefficient (Wildman–Crippen LogP) is 9.73. The van der Waals surface area contributed by atoms with E-state index >= 15 is 0 Å². The van der Waals surface area contributed by atoms with E-state index in [1.807, 2.05) is 76.5 Å². The topological polar surface area (TPSA) is 122 Å². The van der Waals surface area contributed by atoms with E-state index in [0.29, 0.717) is 91.6 Å². The molecule has 4 aromatic carbocycles. The van der Waals surface area contributed by atoms with Gasteiger partial charge in [-0.2, -0.15) is 0 Å². The van der Waals surface area contributed by atoms with E-state index in [1.165, 1.54) is 22.7 Å². The van der Waals surface area contributed by atoms with Crippen LogP contribution in [-0.4, -0.2) is 82.7 Å². The second-order valence-corrected chi connectivity index (χ2v) is 17.0. The Hall–Kier alpha value is -3.28. The quantitative estimate of drug-likeness (QED) is 0.0386. The number of benzene rings is 4. The van der Waals surface area contributed by atoms with Gasteiger partial charge in [0.15, 0.2) is 16.5 Å². The maximum atomic E-state index is 12.0. The first-order chi connectivity index (χ1) is 29.4. The molecule has 344 valence electrons. The number of thiazole rings is 2. The summed E-state index contributed by atoms with van der Waals surface area (Å²) in [5, 5.41) is 13.4. The van der Waals surface area contributed by atoms with E-state index in [9.17, 15) is 19.5 Å². The van der Waals surface area contributed by atoms with Crippen LogP contribution in [0.15, 0.2) is 97.1 Å². The number of anilines is 2. The summed E-state index contributed by atoms with van der Waals surface area (Å²) in [7, 11) is 0. The molecule has 2 aromatic heterocycles. The van der Waals surface area contributed by atoms with Crippen LogP contribution >= 0.6 is 69.1 Å². The number of aromatic nitrogens is 2. The average Bonchev–Trinajstić information content (AvgIpc) is 3.90. The van der Waals surface area contributed by atoms with Gasteiger partial charge in [0.1, 0.15) is 0 Å². The Morgan fingerprint density at radius 2 is 1.11 bits per heavy atom. The van der Waals surface area contributed by atoms with E-state index in [2.05, 4.69) is 0 Å². The van der Waals surface area contributed by atoms with E-state index in [-0.39, 0.29) is 79.7 Å². The third-order valence-corrected chi connectivity index (χ3v) is 12.7. The van der Waals surface area contributed by atoms with Crippen LogP contribution in [-0.2, 0) is 32.2 Å². The van der Waals surface area contributed by atoms with Crippen molar-refractivity contribution in [3.63, 3.8) is 0 Å². The van der Waals surface area contributed by atoms with E-state index < -0.39 is 6.10 Å². The van der Waals surface area contributed by atoms with E-state index in [1.54, 1.807) is 51.1 Å². The minimum atomic E-state index is -0.709. The van der Waals surface area contributed by atoms with Gasteiger partial charge in [0, 0.05) is 37.3 Å². The molecule has 0 amide bonds. The van der Waals surface area contributed by atoms with Gasteiger partial charge in [-0.1, -0.05) is 149 Å². The molecular weight excluding hydrogens is 1030 g/mol. The molecule has 0 spiro atoms. The molecule has 18 heteroatoms. The minimum absolute atomic E-state index is 0. The fourth-order valence-electron chi connectivity index (χ4n) is 5.99. The van der Waals surface area contributed by atoms with Crippen LogP contribution in [0.1, 0.15) is 72.8 Å². The van der Waals surface area contributed by atoms with Gasteiger partial charge in [0.2, 0.25) is 0 Å². The van der Waals surface area contributed by atoms with Crippen LogP contribution in [0, 0.1) is 7.43 Å². The Morgan fingerprint density at radius 1 is 0.692 bits per heavy atom. The molecule has 1 N–H and O–H groups in total. The van der Waals surface area contributed by atoms with Crippen LogP contribution in [0.25, 0.3) is 22.5 Å². The number of carbonyl (C=O) groups is 3. The van der Waals surface area contributed by atoms with Crippen molar-refractivity contribution in [1.82, 2.24) is 9.97 Å². The van der Waals surface area contributed by atoms with Gasteiger partial charge in [-0.05, 0) is 56.2 Å². The predicted molar refractivity (Wildman–Crippen MR) is 268 cm³/mol. The van der Waals surface area contributed by atoms with Crippen LogP contribution in [0.4, 0.5) is 10.3 Å². The summed E-state index contributed by atoms with van der Waals surface area (Å²) in [6.07, 6.45) is 0.537. The normalized spacial score (nSPS) is 10.6. The van der Waals surface area contributed by atoms with Gasteiger partial charge < -0.3 is 48.8 Å². The molecule has 0 fully saturated rings. The molecule has 1 unspecified atom stereocenters. The number of nitrogens with zero attached hydrogens (tertiary/aromatic N) is 4. The van der Waals surface area contributed by atoms with Crippen LogP contribution in [0.2, 0.25) is 20.1 Å². The first-order valence-electron chi connectivity index (χ1n) is 19.3. The number of rotatable bonds is 18. The zero-order valence-electron chi connectivity index (χ0n) is 35.7. The Labute approximate surface area is 437 Å². The van der Waals surface area contributed by atoms with Crippen molar-refractivity contribution in [2.45, 2.75) is 60.2 Å². The van der Waals surface area contributed by atoms with Crippen molar-refractivity contribution in [1.29, 1.82) is 0 Å². The van der Waals surface area contributed by atoms with Gasteiger partial charge >= 0.3 is 35.0 Å². The summed E-state index contributed by atoms with van der Waals surface area (Å²) in [4.78, 5) is 50.3. The number of esters is 2. The zero-order valence-corrected chi connectivity index (χ0v) is 43.4. The van der Waals surface area contributed by atoms with Crippen LogP contribution in [0.5, 0.6) is 0 Å². The smallest absolute Gasteiger partial charge is 1.00 e. The van der Waals surface area contributed by atoms with Crippen LogP contribution < -0.4 is 26.8 Å². The van der Waals surface area contributed by atoms with Crippen molar-refractivity contribution >= 4 is 121 Å². The first-order valence-corrected chi connectivity index (χ1v) is 22.5. The third-order valence-electron chi connectivity index (χ3n) is 8.91. The molecule has 65 heavy (non-hydrogen) atoms. The fraction of sp³-hybridized carbons (Fsp3) is 0.277. The monoisotopic (exact) mass is 1070 g/mol. The van der Waals surface area contributed by atoms with Crippen molar-refractivity contribution in [2.24, 2.45) is 0 Å². The molecule has 2 heterocycles. The summed E-state index contributed by atoms with van der Waals surface area (Å²) >= 11 is 27.1. The molecule has 6 aromatic rings. The Bertz CT molecular complexity index is 2400.